The predicted octanol–water partition coefficient (Wildman–Crippen LogP) is 3.69. The maximum atomic E-state index is 11.9. The minimum Gasteiger partial charge on any atom is -0.267 e. The van der Waals surface area contributed by atoms with Crippen LogP contribution in [0.15, 0.2) is 59.7 Å². The minimum absolute atomic E-state index is 0.242. The van der Waals surface area contributed by atoms with Crippen LogP contribution in [0.5, 0.6) is 0 Å². The number of amides is 1. The van der Waals surface area contributed by atoms with Crippen LogP contribution in [-0.4, -0.2) is 11.6 Å². The molecule has 0 fully saturated rings. The van der Waals surface area contributed by atoms with Gasteiger partial charge >= 0.3 is 0 Å². The first-order valence-electron chi connectivity index (χ1n) is 6.28. The van der Waals surface area contributed by atoms with E-state index >= 15 is 0 Å². The van der Waals surface area contributed by atoms with E-state index in [9.17, 15) is 4.79 Å². The van der Waals surface area contributed by atoms with Crippen molar-refractivity contribution >= 4 is 23.2 Å². The van der Waals surface area contributed by atoms with E-state index in [0.717, 1.165) is 11.3 Å². The van der Waals surface area contributed by atoms with Gasteiger partial charge in [-0.1, -0.05) is 41.9 Å². The summed E-state index contributed by atoms with van der Waals surface area (Å²) in [7, 11) is 0. The molecule has 0 spiro atoms. The van der Waals surface area contributed by atoms with Crippen molar-refractivity contribution in [3.63, 3.8) is 0 Å². The van der Waals surface area contributed by atoms with Crippen LogP contribution in [0.25, 0.3) is 0 Å². The standard InChI is InChI=1S/C16H15ClN2O/c1-12(11-13-5-3-2-4-6-13)18-19-16(20)14-7-9-15(17)10-8-14/h2-10H,11H2,1H3,(H,19,20). The van der Waals surface area contributed by atoms with Crippen molar-refractivity contribution in [1.82, 2.24) is 5.43 Å². The molecule has 3 nitrogen and oxygen atoms in total. The molecule has 0 saturated heterocycles. The minimum atomic E-state index is -0.242. The van der Waals surface area contributed by atoms with Gasteiger partial charge in [0.05, 0.1) is 0 Å². The predicted molar refractivity (Wildman–Crippen MR) is 82.2 cm³/mol. The summed E-state index contributed by atoms with van der Waals surface area (Å²) in [5, 5.41) is 4.70. The summed E-state index contributed by atoms with van der Waals surface area (Å²) in [6, 6.07) is 16.7. The third kappa shape index (κ3) is 4.21. The van der Waals surface area contributed by atoms with Crippen LogP contribution in [0.3, 0.4) is 0 Å². The van der Waals surface area contributed by atoms with Crippen LogP contribution >= 0.6 is 11.6 Å². The molecule has 0 atom stereocenters. The van der Waals surface area contributed by atoms with Gasteiger partial charge in [-0.2, -0.15) is 5.10 Å². The number of rotatable bonds is 4. The van der Waals surface area contributed by atoms with Crippen LogP contribution in [0.2, 0.25) is 5.02 Å². The Morgan fingerprint density at radius 3 is 2.40 bits per heavy atom. The van der Waals surface area contributed by atoms with Crippen LogP contribution in [0.4, 0.5) is 0 Å². The molecule has 4 heteroatoms. The summed E-state index contributed by atoms with van der Waals surface area (Å²) < 4.78 is 0. The summed E-state index contributed by atoms with van der Waals surface area (Å²) >= 11 is 5.77. The monoisotopic (exact) mass is 286 g/mol. The lowest BCUT2D eigenvalue weighted by Crippen LogP contribution is -2.19. The van der Waals surface area contributed by atoms with Crippen molar-refractivity contribution in [3.8, 4) is 0 Å². The van der Waals surface area contributed by atoms with Crippen LogP contribution in [0, 0.1) is 0 Å². The fraction of sp³-hybridized carbons (Fsp3) is 0.125. The van der Waals surface area contributed by atoms with Gasteiger partial charge in [0.15, 0.2) is 0 Å². The molecular weight excluding hydrogens is 272 g/mol. The molecule has 0 radical (unpaired) electrons. The number of hydrogen-bond acceptors (Lipinski definition) is 2. The summed E-state index contributed by atoms with van der Waals surface area (Å²) in [6.07, 6.45) is 0.710. The SMILES string of the molecule is CC(Cc1ccccc1)=NNC(=O)c1ccc(Cl)cc1. The van der Waals surface area contributed by atoms with Crippen LogP contribution in [-0.2, 0) is 6.42 Å². The zero-order valence-corrected chi connectivity index (χ0v) is 11.9. The van der Waals surface area contributed by atoms with Gasteiger partial charge in [-0.3, -0.25) is 4.79 Å². The quantitative estimate of drug-likeness (QED) is 0.676. The van der Waals surface area contributed by atoms with Crippen molar-refractivity contribution in [3.05, 3.63) is 70.7 Å². The average Bonchev–Trinajstić information content (AvgIpc) is 2.46. The van der Waals surface area contributed by atoms with E-state index in [1.54, 1.807) is 24.3 Å². The van der Waals surface area contributed by atoms with Crippen molar-refractivity contribution < 1.29 is 4.79 Å². The molecule has 20 heavy (non-hydrogen) atoms. The number of hydrazone groups is 1. The Morgan fingerprint density at radius 2 is 1.75 bits per heavy atom. The normalized spacial score (nSPS) is 11.2. The summed E-state index contributed by atoms with van der Waals surface area (Å²) in [5.41, 5.74) is 5.08. The van der Waals surface area contributed by atoms with Gasteiger partial charge in [0.25, 0.3) is 5.91 Å². The largest absolute Gasteiger partial charge is 0.271 e. The van der Waals surface area contributed by atoms with Crippen molar-refractivity contribution in [1.29, 1.82) is 0 Å². The van der Waals surface area contributed by atoms with Gasteiger partial charge in [0.2, 0.25) is 0 Å². The topological polar surface area (TPSA) is 41.5 Å². The molecule has 0 bridgehead atoms. The number of carbonyl (C=O) groups excluding carboxylic acids is 1. The Morgan fingerprint density at radius 1 is 1.10 bits per heavy atom. The van der Waals surface area contributed by atoms with Crippen molar-refractivity contribution in [2.45, 2.75) is 13.3 Å². The Balaban J connectivity index is 1.94. The fourth-order valence-corrected chi connectivity index (χ4v) is 1.87. The lowest BCUT2D eigenvalue weighted by atomic mass is 10.1. The Kier molecular flexibility index (Phi) is 4.91. The Hall–Kier alpha value is -2.13. The number of nitrogens with one attached hydrogen (secondary N) is 1. The van der Waals surface area contributed by atoms with Gasteiger partial charge in [-0.15, -0.1) is 0 Å². The Labute approximate surface area is 123 Å². The highest BCUT2D eigenvalue weighted by molar-refractivity contribution is 6.30. The molecule has 1 amide bonds. The highest BCUT2D eigenvalue weighted by Gasteiger charge is 2.04. The third-order valence-corrected chi connectivity index (χ3v) is 3.01. The molecule has 0 aromatic heterocycles. The molecule has 0 aliphatic heterocycles. The molecule has 2 aromatic rings. The van der Waals surface area contributed by atoms with E-state index in [1.807, 2.05) is 37.3 Å². The third-order valence-electron chi connectivity index (χ3n) is 2.76. The van der Waals surface area contributed by atoms with E-state index in [4.69, 9.17) is 11.6 Å². The maximum absolute atomic E-state index is 11.9. The van der Waals surface area contributed by atoms with Crippen LogP contribution < -0.4 is 5.43 Å². The van der Waals surface area contributed by atoms with Gasteiger partial charge in [0.1, 0.15) is 0 Å². The van der Waals surface area contributed by atoms with Crippen LogP contribution in [0.1, 0.15) is 22.8 Å². The van der Waals surface area contributed by atoms with E-state index in [-0.39, 0.29) is 5.91 Å². The average molecular weight is 287 g/mol. The molecule has 0 saturated carbocycles. The Bertz CT molecular complexity index is 606. The van der Waals surface area contributed by atoms with Gasteiger partial charge in [0, 0.05) is 22.7 Å². The number of hydrogen-bond donors (Lipinski definition) is 1. The molecule has 0 unspecified atom stereocenters. The summed E-state index contributed by atoms with van der Waals surface area (Å²) in [4.78, 5) is 11.9. The molecule has 0 aliphatic carbocycles. The summed E-state index contributed by atoms with van der Waals surface area (Å²) in [6.45, 7) is 1.88. The molecule has 1 N–H and O–H groups in total. The first-order valence-corrected chi connectivity index (χ1v) is 6.66. The van der Waals surface area contributed by atoms with Gasteiger partial charge < -0.3 is 0 Å². The summed E-state index contributed by atoms with van der Waals surface area (Å²) in [5.74, 6) is -0.242. The van der Waals surface area contributed by atoms with Crippen molar-refractivity contribution in [2.75, 3.05) is 0 Å². The number of carbonyl (C=O) groups is 1. The molecule has 2 aromatic carbocycles. The zero-order chi connectivity index (χ0) is 14.4. The van der Waals surface area contributed by atoms with E-state index in [1.165, 1.54) is 0 Å². The molecule has 2 rings (SSSR count). The van der Waals surface area contributed by atoms with E-state index in [2.05, 4.69) is 10.5 Å². The first-order chi connectivity index (χ1) is 9.65. The van der Waals surface area contributed by atoms with E-state index < -0.39 is 0 Å². The molecule has 0 aliphatic rings. The molecule has 0 heterocycles. The van der Waals surface area contributed by atoms with Gasteiger partial charge in [-0.25, -0.2) is 5.43 Å². The van der Waals surface area contributed by atoms with Crippen molar-refractivity contribution in [2.24, 2.45) is 5.10 Å². The highest BCUT2D eigenvalue weighted by Crippen LogP contribution is 2.09. The fourth-order valence-electron chi connectivity index (χ4n) is 1.74. The first kappa shape index (κ1) is 14.3. The van der Waals surface area contributed by atoms with Gasteiger partial charge in [-0.05, 0) is 36.8 Å². The smallest absolute Gasteiger partial charge is 0.267 e. The number of nitrogens with zero attached hydrogens (tertiary/aromatic N) is 1. The van der Waals surface area contributed by atoms with E-state index in [0.29, 0.717) is 17.0 Å². The number of halogens is 1. The zero-order valence-electron chi connectivity index (χ0n) is 11.1. The second-order valence-electron chi connectivity index (χ2n) is 4.46. The molecular formula is C16H15ClN2O. The lowest BCUT2D eigenvalue weighted by molar-refractivity contribution is 0.0954. The lowest BCUT2D eigenvalue weighted by Gasteiger charge is -2.03. The second kappa shape index (κ2) is 6.87. The maximum Gasteiger partial charge on any atom is 0.271 e. The molecule has 102 valence electrons. The highest BCUT2D eigenvalue weighted by atomic mass is 35.5. The number of benzene rings is 2. The second-order valence-corrected chi connectivity index (χ2v) is 4.89.